The highest BCUT2D eigenvalue weighted by Crippen LogP contribution is 2.39. The summed E-state index contributed by atoms with van der Waals surface area (Å²) >= 11 is 0. The minimum absolute atomic E-state index is 0.0916. The Morgan fingerprint density at radius 2 is 1.75 bits per heavy atom. The van der Waals surface area contributed by atoms with Gasteiger partial charge in [-0.2, -0.15) is 5.10 Å². The van der Waals surface area contributed by atoms with Gasteiger partial charge in [-0.15, -0.1) is 0 Å². The second-order valence-electron chi connectivity index (χ2n) is 7.58. The molecule has 5 heteroatoms. The number of carbonyl (C=O) groups is 1. The summed E-state index contributed by atoms with van der Waals surface area (Å²) in [7, 11) is 4.06. The van der Waals surface area contributed by atoms with E-state index in [1.807, 2.05) is 68.7 Å². The Labute approximate surface area is 166 Å². The van der Waals surface area contributed by atoms with Crippen molar-refractivity contribution in [2.75, 3.05) is 20.6 Å². The van der Waals surface area contributed by atoms with Crippen LogP contribution in [-0.4, -0.2) is 41.2 Å². The van der Waals surface area contributed by atoms with E-state index in [4.69, 9.17) is 5.10 Å². The van der Waals surface area contributed by atoms with Crippen LogP contribution in [0.25, 0.3) is 5.69 Å². The first kappa shape index (κ1) is 18.4. The summed E-state index contributed by atoms with van der Waals surface area (Å²) in [4.78, 5) is 15.2. The zero-order chi connectivity index (χ0) is 19.5. The van der Waals surface area contributed by atoms with Gasteiger partial charge in [0, 0.05) is 12.5 Å². The Balaban J connectivity index is 1.56. The maximum Gasteiger partial charge on any atom is 0.270 e. The number of aromatic nitrogens is 2. The molecule has 0 unspecified atom stereocenters. The molecule has 0 bridgehead atoms. The number of nitrogens with zero attached hydrogens (tertiary/aromatic N) is 3. The number of carbonyl (C=O) groups excluding carboxylic acids is 1. The molecular weight excluding hydrogens is 348 g/mol. The molecule has 0 spiro atoms. The van der Waals surface area contributed by atoms with Crippen LogP contribution in [0.1, 0.15) is 46.5 Å². The van der Waals surface area contributed by atoms with Crippen molar-refractivity contribution in [3.8, 4) is 5.69 Å². The normalized spacial score (nSPS) is 14.8. The molecule has 1 aliphatic carbocycles. The van der Waals surface area contributed by atoms with E-state index in [1.165, 1.54) is 5.56 Å². The molecule has 5 nitrogen and oxygen atoms in total. The maximum atomic E-state index is 13.1. The van der Waals surface area contributed by atoms with Gasteiger partial charge in [0.2, 0.25) is 0 Å². The van der Waals surface area contributed by atoms with E-state index in [2.05, 4.69) is 22.3 Å². The molecule has 1 atom stereocenters. The third kappa shape index (κ3) is 3.99. The molecule has 1 aromatic heterocycles. The number of amides is 1. The predicted octanol–water partition coefficient (Wildman–Crippen LogP) is 3.78. The van der Waals surface area contributed by atoms with Crippen LogP contribution < -0.4 is 5.32 Å². The Kier molecular flexibility index (Phi) is 5.26. The average molecular weight is 374 g/mol. The summed E-state index contributed by atoms with van der Waals surface area (Å²) in [5, 5.41) is 7.85. The summed E-state index contributed by atoms with van der Waals surface area (Å²) < 4.78 is 1.77. The van der Waals surface area contributed by atoms with Gasteiger partial charge in [0.25, 0.3) is 5.91 Å². The zero-order valence-corrected chi connectivity index (χ0v) is 16.4. The van der Waals surface area contributed by atoms with E-state index >= 15 is 0 Å². The number of nitrogens with one attached hydrogen (secondary N) is 1. The summed E-state index contributed by atoms with van der Waals surface area (Å²) in [6.45, 7) is 0.536. The number of para-hydroxylation sites is 1. The van der Waals surface area contributed by atoms with Crippen LogP contribution in [0.15, 0.2) is 66.7 Å². The fraction of sp³-hybridized carbons (Fsp3) is 0.304. The molecule has 1 saturated carbocycles. The molecule has 2 aromatic carbocycles. The monoisotopic (exact) mass is 374 g/mol. The van der Waals surface area contributed by atoms with Gasteiger partial charge in [-0.3, -0.25) is 4.79 Å². The van der Waals surface area contributed by atoms with Crippen LogP contribution in [0.3, 0.4) is 0 Å². The lowest BCUT2D eigenvalue weighted by Gasteiger charge is -2.25. The quantitative estimate of drug-likeness (QED) is 0.685. The van der Waals surface area contributed by atoms with Crippen molar-refractivity contribution in [2.24, 2.45) is 0 Å². The van der Waals surface area contributed by atoms with Crippen molar-refractivity contribution in [1.82, 2.24) is 20.0 Å². The molecule has 28 heavy (non-hydrogen) atoms. The molecule has 0 saturated heterocycles. The molecule has 0 radical (unpaired) electrons. The number of likely N-dealkylation sites (N-methyl/N-ethyl adjacent to an activating group) is 1. The molecule has 0 aliphatic heterocycles. The van der Waals surface area contributed by atoms with Crippen LogP contribution in [0.5, 0.6) is 0 Å². The van der Waals surface area contributed by atoms with E-state index in [0.717, 1.165) is 24.2 Å². The lowest BCUT2D eigenvalue weighted by Crippen LogP contribution is -2.35. The van der Waals surface area contributed by atoms with Crippen LogP contribution >= 0.6 is 0 Å². The largest absolute Gasteiger partial charge is 0.349 e. The smallest absolute Gasteiger partial charge is 0.270 e. The third-order valence-electron chi connectivity index (χ3n) is 5.22. The molecular formula is C23H26N4O. The first-order chi connectivity index (χ1) is 13.6. The van der Waals surface area contributed by atoms with E-state index in [9.17, 15) is 4.79 Å². The van der Waals surface area contributed by atoms with Crippen molar-refractivity contribution in [3.63, 3.8) is 0 Å². The van der Waals surface area contributed by atoms with Gasteiger partial charge < -0.3 is 10.2 Å². The fourth-order valence-electron chi connectivity index (χ4n) is 3.46. The Morgan fingerprint density at radius 1 is 1.11 bits per heavy atom. The minimum atomic E-state index is -0.0916. The van der Waals surface area contributed by atoms with Crippen molar-refractivity contribution >= 4 is 5.91 Å². The second-order valence-corrected chi connectivity index (χ2v) is 7.58. The number of rotatable bonds is 7. The Morgan fingerprint density at radius 3 is 2.36 bits per heavy atom. The predicted molar refractivity (Wildman–Crippen MR) is 111 cm³/mol. The fourth-order valence-corrected chi connectivity index (χ4v) is 3.46. The van der Waals surface area contributed by atoms with Crippen molar-refractivity contribution < 1.29 is 4.79 Å². The molecule has 1 fully saturated rings. The van der Waals surface area contributed by atoms with Gasteiger partial charge >= 0.3 is 0 Å². The third-order valence-corrected chi connectivity index (χ3v) is 5.22. The van der Waals surface area contributed by atoms with Crippen LogP contribution in [-0.2, 0) is 0 Å². The lowest BCUT2D eigenvalue weighted by molar-refractivity contribution is 0.0934. The van der Waals surface area contributed by atoms with E-state index in [-0.39, 0.29) is 11.9 Å². The first-order valence-corrected chi connectivity index (χ1v) is 9.78. The van der Waals surface area contributed by atoms with Gasteiger partial charge in [-0.05, 0) is 50.7 Å². The molecule has 1 aliphatic rings. The maximum absolute atomic E-state index is 13.1. The summed E-state index contributed by atoms with van der Waals surface area (Å²) in [5.41, 5.74) is 3.70. The van der Waals surface area contributed by atoms with E-state index in [1.54, 1.807) is 4.68 Å². The first-order valence-electron chi connectivity index (χ1n) is 9.78. The van der Waals surface area contributed by atoms with Gasteiger partial charge in [0.05, 0.1) is 17.4 Å². The van der Waals surface area contributed by atoms with Crippen molar-refractivity contribution in [1.29, 1.82) is 0 Å². The molecule has 3 aromatic rings. The molecule has 1 amide bonds. The SMILES string of the molecule is CN(C)[C@H](CNC(=O)c1cc(C2CC2)nn1-c1ccccc1)c1ccccc1. The lowest BCUT2D eigenvalue weighted by atomic mass is 10.1. The standard InChI is InChI=1S/C23H26N4O/c1-26(2)22(18-9-5-3-6-10-18)16-24-23(28)21-15-20(17-13-14-17)25-27(21)19-11-7-4-8-12-19/h3-12,15,17,22H,13-14,16H2,1-2H3,(H,24,28)/t22-/m1/s1. The van der Waals surface area contributed by atoms with Gasteiger partial charge in [-0.1, -0.05) is 48.5 Å². The van der Waals surface area contributed by atoms with Crippen LogP contribution in [0, 0.1) is 0 Å². The average Bonchev–Trinajstić information content (AvgIpc) is 3.47. The minimum Gasteiger partial charge on any atom is -0.349 e. The Hall–Kier alpha value is -2.92. The number of hydrogen-bond donors (Lipinski definition) is 1. The highest BCUT2D eigenvalue weighted by molar-refractivity contribution is 5.93. The van der Waals surface area contributed by atoms with Crippen LogP contribution in [0.2, 0.25) is 0 Å². The molecule has 1 heterocycles. The number of benzene rings is 2. The summed E-state index contributed by atoms with van der Waals surface area (Å²) in [5.74, 6) is 0.404. The summed E-state index contributed by atoms with van der Waals surface area (Å²) in [6, 6.07) is 22.2. The van der Waals surface area contributed by atoms with E-state index < -0.39 is 0 Å². The van der Waals surface area contributed by atoms with Gasteiger partial charge in [-0.25, -0.2) is 4.68 Å². The van der Waals surface area contributed by atoms with Gasteiger partial charge in [0.1, 0.15) is 5.69 Å². The number of hydrogen-bond acceptors (Lipinski definition) is 3. The van der Waals surface area contributed by atoms with Crippen molar-refractivity contribution in [2.45, 2.75) is 24.8 Å². The highest BCUT2D eigenvalue weighted by atomic mass is 16.2. The highest BCUT2D eigenvalue weighted by Gasteiger charge is 2.29. The second kappa shape index (κ2) is 7.98. The summed E-state index contributed by atoms with van der Waals surface area (Å²) in [6.07, 6.45) is 2.31. The topological polar surface area (TPSA) is 50.2 Å². The molecule has 1 N–H and O–H groups in total. The Bertz CT molecular complexity index is 930. The van der Waals surface area contributed by atoms with E-state index in [0.29, 0.717) is 18.2 Å². The molecule has 144 valence electrons. The van der Waals surface area contributed by atoms with Crippen molar-refractivity contribution in [3.05, 3.63) is 83.7 Å². The zero-order valence-electron chi connectivity index (χ0n) is 16.4. The molecule has 4 rings (SSSR count). The van der Waals surface area contributed by atoms with Crippen LogP contribution in [0.4, 0.5) is 0 Å². The van der Waals surface area contributed by atoms with Gasteiger partial charge in [0.15, 0.2) is 0 Å².